The van der Waals surface area contributed by atoms with Gasteiger partial charge in [-0.1, -0.05) is 47.1 Å². The van der Waals surface area contributed by atoms with Crippen LogP contribution in [0.1, 0.15) is 48.0 Å². The van der Waals surface area contributed by atoms with E-state index in [1.165, 1.54) is 12.6 Å². The van der Waals surface area contributed by atoms with Crippen LogP contribution in [0.25, 0.3) is 0 Å². The third kappa shape index (κ3) is 4850. The van der Waals surface area contributed by atoms with E-state index in [-0.39, 0.29) is 6.15 Å². The summed E-state index contributed by atoms with van der Waals surface area (Å²) in [5, 5.41) is 0. The molecule has 0 atom stereocenters. The van der Waals surface area contributed by atoms with Gasteiger partial charge in [0.25, 0.3) is 0 Å². The average Bonchev–Trinajstić information content (AvgIpc) is 2.10. The molecule has 0 aromatic rings. The lowest BCUT2D eigenvalue weighted by Gasteiger charge is -1.53. The molecule has 0 unspecified atom stereocenters. The molecule has 0 spiro atoms. The second-order valence-electron chi connectivity index (χ2n) is 1.64. The van der Waals surface area contributed by atoms with Crippen molar-refractivity contribution in [3.63, 3.8) is 0 Å². The van der Waals surface area contributed by atoms with Crippen LogP contribution in [0.15, 0.2) is 12.3 Å². The molecule has 7 N–H and O–H groups in total. The first-order chi connectivity index (χ1) is 5.74. The molecular formula is C10H31N3. The van der Waals surface area contributed by atoms with Crippen LogP contribution in [0.2, 0.25) is 0 Å². The average molecular weight is 193 g/mol. The van der Waals surface area contributed by atoms with Gasteiger partial charge in [0.05, 0.1) is 0 Å². The molecule has 0 aliphatic heterocycles. The van der Waals surface area contributed by atoms with E-state index < -0.39 is 0 Å². The Hall–Kier alpha value is -0.540. The Labute approximate surface area is 85.2 Å². The van der Waals surface area contributed by atoms with Crippen LogP contribution < -0.4 is 17.6 Å². The van der Waals surface area contributed by atoms with Crippen molar-refractivity contribution in [1.82, 2.24) is 6.15 Å². The quantitative estimate of drug-likeness (QED) is 0.552. The highest BCUT2D eigenvalue weighted by Gasteiger charge is 1.35. The van der Waals surface area contributed by atoms with Crippen LogP contribution in [-0.4, -0.2) is 6.54 Å². The van der Waals surface area contributed by atoms with Crippen LogP contribution in [0, 0.1) is 0 Å². The zero-order chi connectivity index (χ0) is 10.8. The van der Waals surface area contributed by atoms with Crippen molar-refractivity contribution < 1.29 is 0 Å². The first kappa shape index (κ1) is 29.4. The Kier molecular flexibility index (Phi) is 237. The maximum Gasteiger partial charge on any atom is -0.0106 e. The van der Waals surface area contributed by atoms with Crippen molar-refractivity contribution >= 4 is 0 Å². The van der Waals surface area contributed by atoms with E-state index in [1.807, 2.05) is 27.7 Å². The summed E-state index contributed by atoms with van der Waals surface area (Å²) in [7, 11) is 0. The van der Waals surface area contributed by atoms with Gasteiger partial charge in [0.1, 0.15) is 0 Å². The summed E-state index contributed by atoms with van der Waals surface area (Å²) in [6, 6.07) is 0. The lowest BCUT2D eigenvalue weighted by Crippen LogP contribution is -1.87. The molecule has 0 aromatic heterocycles. The molecular weight excluding hydrogens is 162 g/mol. The summed E-state index contributed by atoms with van der Waals surface area (Å²) in [6.45, 7) is 12.8. The predicted octanol–water partition coefficient (Wildman–Crippen LogP) is 3.05. The van der Waals surface area contributed by atoms with Crippen molar-refractivity contribution in [2.24, 2.45) is 11.5 Å². The first-order valence-corrected chi connectivity index (χ1v) is 4.77. The van der Waals surface area contributed by atoms with Gasteiger partial charge in [0.2, 0.25) is 0 Å². The third-order valence-corrected chi connectivity index (χ3v) is 0.192. The minimum absolute atomic E-state index is 0. The number of nitrogens with two attached hydrogens (primary N) is 2. The Morgan fingerprint density at radius 3 is 1.15 bits per heavy atom. The van der Waals surface area contributed by atoms with Crippen molar-refractivity contribution in [2.75, 3.05) is 6.54 Å². The molecule has 86 valence electrons. The molecule has 0 heterocycles. The minimum atomic E-state index is 0. The smallest absolute Gasteiger partial charge is 0.0106 e. The summed E-state index contributed by atoms with van der Waals surface area (Å²) in [6.07, 6.45) is 4.53. The number of rotatable bonds is 0. The molecule has 0 aliphatic carbocycles. The molecule has 0 fully saturated rings. The number of allylic oxidation sites excluding steroid dienone is 1. The van der Waals surface area contributed by atoms with Crippen molar-refractivity contribution in [2.45, 2.75) is 48.0 Å². The monoisotopic (exact) mass is 193 g/mol. The highest BCUT2D eigenvalue weighted by molar-refractivity contribution is 4.66. The molecule has 3 heteroatoms. The zero-order valence-corrected chi connectivity index (χ0v) is 10.4. The second-order valence-corrected chi connectivity index (χ2v) is 1.64. The van der Waals surface area contributed by atoms with E-state index in [1.54, 1.807) is 6.08 Å². The van der Waals surface area contributed by atoms with Crippen molar-refractivity contribution in [1.29, 1.82) is 0 Å². The molecule has 0 saturated carbocycles. The third-order valence-electron chi connectivity index (χ3n) is 0.192. The highest BCUT2D eigenvalue weighted by Crippen LogP contribution is 1.56. The largest absolute Gasteiger partial charge is 0.405 e. The van der Waals surface area contributed by atoms with Crippen LogP contribution in [0.3, 0.4) is 0 Å². The van der Waals surface area contributed by atoms with Gasteiger partial charge < -0.3 is 17.6 Å². The van der Waals surface area contributed by atoms with E-state index >= 15 is 0 Å². The number of hydrogen-bond acceptors (Lipinski definition) is 3. The Balaban J connectivity index is -0.0000000220. The normalized spacial score (nSPS) is 6.08. The Morgan fingerprint density at radius 2 is 1.15 bits per heavy atom. The lowest BCUT2D eigenvalue weighted by atomic mass is 10.6. The van der Waals surface area contributed by atoms with Crippen molar-refractivity contribution in [3.05, 3.63) is 12.3 Å². The highest BCUT2D eigenvalue weighted by atomic mass is 14.5. The standard InChI is InChI=1S/C3H7N.C3H8.C2H7N.C2H6.H3N/c1-2-3-4;1-3-2;1-2-3;1-2;/h2-3H,4H2,1H3;3H2,1-2H3;2-3H2,1H3;1-2H3;1H3/b3-2-;;;;. The van der Waals surface area contributed by atoms with Gasteiger partial charge >= 0.3 is 0 Å². The molecule has 0 amide bonds. The van der Waals surface area contributed by atoms with E-state index in [9.17, 15) is 0 Å². The number of hydrogen-bond donors (Lipinski definition) is 3. The van der Waals surface area contributed by atoms with Crippen LogP contribution in [0.4, 0.5) is 0 Å². The van der Waals surface area contributed by atoms with Crippen LogP contribution in [-0.2, 0) is 0 Å². The fraction of sp³-hybridized carbons (Fsp3) is 0.800. The van der Waals surface area contributed by atoms with Gasteiger partial charge in [0.15, 0.2) is 0 Å². The molecule has 0 saturated heterocycles. The summed E-state index contributed by atoms with van der Waals surface area (Å²) >= 11 is 0. The summed E-state index contributed by atoms with van der Waals surface area (Å²) < 4.78 is 0. The van der Waals surface area contributed by atoms with Crippen LogP contribution in [0.5, 0.6) is 0 Å². The van der Waals surface area contributed by atoms with Gasteiger partial charge in [-0.05, 0) is 19.7 Å². The summed E-state index contributed by atoms with van der Waals surface area (Å²) in [4.78, 5) is 0. The first-order valence-electron chi connectivity index (χ1n) is 4.77. The molecule has 0 radical (unpaired) electrons. The molecule has 0 aliphatic rings. The van der Waals surface area contributed by atoms with Gasteiger partial charge in [-0.2, -0.15) is 0 Å². The molecule has 13 heavy (non-hydrogen) atoms. The fourth-order valence-corrected chi connectivity index (χ4v) is 0. The van der Waals surface area contributed by atoms with Crippen molar-refractivity contribution in [3.8, 4) is 0 Å². The molecule has 0 aromatic carbocycles. The van der Waals surface area contributed by atoms with Gasteiger partial charge in [-0.25, -0.2) is 0 Å². The lowest BCUT2D eigenvalue weighted by molar-refractivity contribution is 1.09. The maximum absolute atomic E-state index is 4.85. The van der Waals surface area contributed by atoms with Gasteiger partial charge in [0, 0.05) is 0 Å². The SMILES string of the molecule is C/C=C\N.CC.CCC.CCN.N. The molecule has 0 bridgehead atoms. The summed E-state index contributed by atoms with van der Waals surface area (Å²) in [5.41, 5.74) is 9.69. The molecule has 3 nitrogen and oxygen atoms in total. The van der Waals surface area contributed by atoms with Gasteiger partial charge in [-0.3, -0.25) is 0 Å². The zero-order valence-electron chi connectivity index (χ0n) is 10.4. The molecule has 0 rings (SSSR count). The van der Waals surface area contributed by atoms with E-state index in [2.05, 4.69) is 13.8 Å². The second kappa shape index (κ2) is 105. The Bertz CT molecular complexity index is 39.4. The fourth-order valence-electron chi connectivity index (χ4n) is 0. The minimum Gasteiger partial charge on any atom is -0.405 e. The maximum atomic E-state index is 4.85. The Morgan fingerprint density at radius 1 is 1.08 bits per heavy atom. The van der Waals surface area contributed by atoms with Gasteiger partial charge in [-0.15, -0.1) is 0 Å². The van der Waals surface area contributed by atoms with E-state index in [4.69, 9.17) is 11.5 Å². The summed E-state index contributed by atoms with van der Waals surface area (Å²) in [5.74, 6) is 0. The van der Waals surface area contributed by atoms with E-state index in [0.29, 0.717) is 0 Å². The topological polar surface area (TPSA) is 87.0 Å². The predicted molar refractivity (Wildman–Crippen MR) is 66.1 cm³/mol. The van der Waals surface area contributed by atoms with Crippen LogP contribution >= 0.6 is 0 Å². The van der Waals surface area contributed by atoms with E-state index in [0.717, 1.165) is 6.54 Å².